The number of benzene rings is 2. The topological polar surface area (TPSA) is 80.4 Å². The molecule has 4 nitrogen and oxygen atoms in total. The van der Waals surface area contributed by atoms with E-state index in [0.29, 0.717) is 0 Å². The summed E-state index contributed by atoms with van der Waals surface area (Å²) < 4.78 is 25.9. The van der Waals surface area contributed by atoms with Crippen LogP contribution in [0.3, 0.4) is 0 Å². The molecule has 5 heteroatoms. The second kappa shape index (κ2) is 5.44. The Hall–Kier alpha value is -1.69. The molecule has 3 rings (SSSR count). The molecule has 2 aromatic carbocycles. The van der Waals surface area contributed by atoms with Crippen molar-refractivity contribution in [2.45, 2.75) is 35.4 Å². The van der Waals surface area contributed by atoms with Crippen LogP contribution in [0.5, 0.6) is 0 Å². The van der Waals surface area contributed by atoms with Gasteiger partial charge in [-0.15, -0.1) is 0 Å². The predicted molar refractivity (Wildman–Crippen MR) is 90.1 cm³/mol. The Bertz CT molecular complexity index is 812. The molecule has 0 aliphatic heterocycles. The van der Waals surface area contributed by atoms with Crippen molar-refractivity contribution in [3.05, 3.63) is 65.2 Å². The highest BCUT2D eigenvalue weighted by Gasteiger charge is 2.69. The first-order valence-electron chi connectivity index (χ1n) is 7.57. The minimum absolute atomic E-state index is 0.256. The van der Waals surface area contributed by atoms with Gasteiger partial charge in [-0.1, -0.05) is 47.5 Å². The molecule has 0 spiro atoms. The summed E-state index contributed by atoms with van der Waals surface area (Å²) in [4.78, 5) is 0.256. The van der Waals surface area contributed by atoms with E-state index in [1.54, 1.807) is 24.3 Å². The number of rotatable bonds is 4. The Kier molecular flexibility index (Phi) is 3.83. The van der Waals surface area contributed by atoms with Gasteiger partial charge in [-0.2, -0.15) is 0 Å². The van der Waals surface area contributed by atoms with E-state index in [1.165, 1.54) is 0 Å². The van der Waals surface area contributed by atoms with Gasteiger partial charge in [-0.05, 0) is 31.5 Å². The van der Waals surface area contributed by atoms with E-state index < -0.39 is 20.6 Å². The third kappa shape index (κ3) is 2.59. The second-order valence-corrected chi connectivity index (χ2v) is 8.51. The smallest absolute Gasteiger partial charge is 0.183 e. The predicted octanol–water partition coefficient (Wildman–Crippen LogP) is 1.93. The Morgan fingerprint density at radius 1 is 1.00 bits per heavy atom. The van der Waals surface area contributed by atoms with E-state index in [-0.39, 0.29) is 17.4 Å². The molecule has 0 amide bonds. The Labute approximate surface area is 136 Å². The summed E-state index contributed by atoms with van der Waals surface area (Å²) in [6.07, 6.45) is 0. The number of aryl methyl sites for hydroxylation is 2. The van der Waals surface area contributed by atoms with Crippen molar-refractivity contribution in [1.29, 1.82) is 0 Å². The number of hydrogen-bond acceptors (Lipinski definition) is 4. The molecule has 1 saturated carbocycles. The first-order chi connectivity index (χ1) is 10.8. The van der Waals surface area contributed by atoms with Crippen molar-refractivity contribution in [2.75, 3.05) is 6.61 Å². The highest BCUT2D eigenvalue weighted by atomic mass is 32.2. The standard InChI is InChI=1S/C18H21NO3S/c1-12-3-7-14(8-4-12)16-17(18(16,19)11-20)23(21,22)15-9-5-13(2)6-10-15/h3-10,16-17,20H,11,19H2,1-2H3/t16-,17+,18-/m1/s1. The number of aliphatic hydroxyl groups is 1. The van der Waals surface area contributed by atoms with Crippen molar-refractivity contribution >= 4 is 9.84 Å². The molecule has 0 radical (unpaired) electrons. The van der Waals surface area contributed by atoms with Crippen LogP contribution in [0.4, 0.5) is 0 Å². The van der Waals surface area contributed by atoms with Crippen molar-refractivity contribution in [3.63, 3.8) is 0 Å². The van der Waals surface area contributed by atoms with Gasteiger partial charge in [0.1, 0.15) is 0 Å². The maximum Gasteiger partial charge on any atom is 0.183 e. The van der Waals surface area contributed by atoms with Crippen LogP contribution >= 0.6 is 0 Å². The fourth-order valence-electron chi connectivity index (χ4n) is 3.21. The van der Waals surface area contributed by atoms with Crippen molar-refractivity contribution in [2.24, 2.45) is 5.73 Å². The van der Waals surface area contributed by atoms with E-state index in [2.05, 4.69) is 0 Å². The van der Waals surface area contributed by atoms with E-state index in [9.17, 15) is 13.5 Å². The van der Waals surface area contributed by atoms with Gasteiger partial charge in [-0.25, -0.2) is 8.42 Å². The molecular formula is C18H21NO3S. The SMILES string of the molecule is Cc1ccc([C@@H]2[C@H](S(=O)(=O)c3ccc(C)cc3)[C@@]2(N)CO)cc1. The van der Waals surface area contributed by atoms with Gasteiger partial charge in [-0.3, -0.25) is 0 Å². The average Bonchev–Trinajstić information content (AvgIpc) is 3.16. The van der Waals surface area contributed by atoms with Gasteiger partial charge in [0.05, 0.1) is 22.3 Å². The van der Waals surface area contributed by atoms with Crippen LogP contribution in [-0.4, -0.2) is 30.9 Å². The zero-order valence-corrected chi connectivity index (χ0v) is 14.0. The molecule has 122 valence electrons. The largest absolute Gasteiger partial charge is 0.394 e. The van der Waals surface area contributed by atoms with Crippen LogP contribution in [0.1, 0.15) is 22.6 Å². The quantitative estimate of drug-likeness (QED) is 0.897. The lowest BCUT2D eigenvalue weighted by molar-refractivity contribution is 0.253. The average molecular weight is 331 g/mol. The maximum atomic E-state index is 12.9. The van der Waals surface area contributed by atoms with Crippen LogP contribution in [0.2, 0.25) is 0 Å². The normalized spacial score (nSPS) is 27.0. The van der Waals surface area contributed by atoms with Crippen LogP contribution in [0.25, 0.3) is 0 Å². The minimum atomic E-state index is -3.59. The van der Waals surface area contributed by atoms with E-state index >= 15 is 0 Å². The Balaban J connectivity index is 2.01. The first-order valence-corrected chi connectivity index (χ1v) is 9.12. The molecule has 1 aliphatic rings. The third-order valence-electron chi connectivity index (χ3n) is 4.70. The molecule has 0 bridgehead atoms. The summed E-state index contributed by atoms with van der Waals surface area (Å²) in [5.41, 5.74) is 8.05. The molecule has 0 unspecified atom stereocenters. The van der Waals surface area contributed by atoms with Crippen LogP contribution in [-0.2, 0) is 9.84 Å². The first kappa shape index (κ1) is 16.2. The summed E-state index contributed by atoms with van der Waals surface area (Å²) >= 11 is 0. The summed E-state index contributed by atoms with van der Waals surface area (Å²) in [6, 6.07) is 14.4. The zero-order chi connectivity index (χ0) is 16.8. The van der Waals surface area contributed by atoms with E-state index in [1.807, 2.05) is 38.1 Å². The van der Waals surface area contributed by atoms with Crippen molar-refractivity contribution in [1.82, 2.24) is 0 Å². The lowest BCUT2D eigenvalue weighted by Gasteiger charge is -2.08. The minimum Gasteiger partial charge on any atom is -0.394 e. The summed E-state index contributed by atoms with van der Waals surface area (Å²) in [6.45, 7) is 3.52. The molecule has 0 saturated heterocycles. The van der Waals surface area contributed by atoms with Gasteiger partial charge in [0.2, 0.25) is 0 Å². The fraction of sp³-hybridized carbons (Fsp3) is 0.333. The lowest BCUT2D eigenvalue weighted by atomic mass is 10.1. The molecule has 2 aromatic rings. The van der Waals surface area contributed by atoms with Crippen LogP contribution < -0.4 is 5.73 Å². The lowest BCUT2D eigenvalue weighted by Crippen LogP contribution is -2.35. The number of hydrogen-bond donors (Lipinski definition) is 2. The molecule has 1 fully saturated rings. The number of aliphatic hydroxyl groups excluding tert-OH is 1. The molecule has 3 atom stereocenters. The molecule has 0 aromatic heterocycles. The number of sulfone groups is 1. The van der Waals surface area contributed by atoms with Crippen LogP contribution in [0.15, 0.2) is 53.4 Å². The van der Waals surface area contributed by atoms with Gasteiger partial charge in [0, 0.05) is 5.92 Å². The highest BCUT2D eigenvalue weighted by Crippen LogP contribution is 2.55. The van der Waals surface area contributed by atoms with E-state index in [4.69, 9.17) is 5.73 Å². The number of nitrogens with two attached hydrogens (primary N) is 1. The Morgan fingerprint density at radius 3 is 1.96 bits per heavy atom. The monoisotopic (exact) mass is 331 g/mol. The summed E-state index contributed by atoms with van der Waals surface area (Å²) in [7, 11) is -3.59. The highest BCUT2D eigenvalue weighted by molar-refractivity contribution is 7.92. The molecule has 3 N–H and O–H groups in total. The maximum absolute atomic E-state index is 12.9. The van der Waals surface area contributed by atoms with Crippen molar-refractivity contribution in [3.8, 4) is 0 Å². The molecular weight excluding hydrogens is 310 g/mol. The van der Waals surface area contributed by atoms with Crippen LogP contribution in [0, 0.1) is 13.8 Å². The molecule has 23 heavy (non-hydrogen) atoms. The van der Waals surface area contributed by atoms with E-state index in [0.717, 1.165) is 16.7 Å². The fourth-order valence-corrected chi connectivity index (χ4v) is 5.51. The summed E-state index contributed by atoms with van der Waals surface area (Å²) in [5, 5.41) is 8.89. The zero-order valence-electron chi connectivity index (χ0n) is 13.2. The van der Waals surface area contributed by atoms with Gasteiger partial charge in [0.25, 0.3) is 0 Å². The molecule has 1 aliphatic carbocycles. The summed E-state index contributed by atoms with van der Waals surface area (Å²) in [5.74, 6) is -0.389. The second-order valence-electron chi connectivity index (χ2n) is 6.44. The third-order valence-corrected chi connectivity index (χ3v) is 7.01. The van der Waals surface area contributed by atoms with Crippen molar-refractivity contribution < 1.29 is 13.5 Å². The van der Waals surface area contributed by atoms with Gasteiger partial charge in [0.15, 0.2) is 9.84 Å². The van der Waals surface area contributed by atoms with Gasteiger partial charge >= 0.3 is 0 Å². The Morgan fingerprint density at radius 2 is 1.48 bits per heavy atom. The molecule has 0 heterocycles. The van der Waals surface area contributed by atoms with Gasteiger partial charge < -0.3 is 10.8 Å².